The molecule has 0 unspecified atom stereocenters. The smallest absolute Gasteiger partial charge is 0.226 e. The Balaban J connectivity index is 1.57. The minimum atomic E-state index is 0.0636. The van der Waals surface area contributed by atoms with E-state index >= 15 is 0 Å². The lowest BCUT2D eigenvalue weighted by Gasteiger charge is -2.37. The summed E-state index contributed by atoms with van der Waals surface area (Å²) in [6.07, 6.45) is 9.07. The Kier molecular flexibility index (Phi) is 4.74. The molecule has 0 bridgehead atoms. The Morgan fingerprint density at radius 3 is 1.95 bits per heavy atom. The molecule has 3 rings (SSSR count). The first kappa shape index (κ1) is 15.8. The van der Waals surface area contributed by atoms with E-state index in [1.807, 2.05) is 18.7 Å². The van der Waals surface area contributed by atoms with E-state index in [1.54, 1.807) is 0 Å². The second-order valence-electron chi connectivity index (χ2n) is 7.67. The normalized spacial score (nSPS) is 24.0. The third-order valence-corrected chi connectivity index (χ3v) is 5.56. The summed E-state index contributed by atoms with van der Waals surface area (Å²) in [4.78, 5) is 29.3. The van der Waals surface area contributed by atoms with E-state index < -0.39 is 0 Å². The number of hydrogen-bond donors (Lipinski definition) is 0. The van der Waals surface area contributed by atoms with Gasteiger partial charge in [-0.25, -0.2) is 0 Å². The first-order valence-electron chi connectivity index (χ1n) is 9.19. The van der Waals surface area contributed by atoms with E-state index in [0.29, 0.717) is 18.0 Å². The van der Waals surface area contributed by atoms with E-state index in [2.05, 4.69) is 4.90 Å². The summed E-state index contributed by atoms with van der Waals surface area (Å²) < 4.78 is 0. The van der Waals surface area contributed by atoms with Gasteiger partial charge in [0.1, 0.15) is 0 Å². The Labute approximate surface area is 134 Å². The largest absolute Gasteiger partial charge is 0.342 e. The monoisotopic (exact) mass is 306 g/mol. The highest BCUT2D eigenvalue weighted by Crippen LogP contribution is 2.36. The van der Waals surface area contributed by atoms with Gasteiger partial charge in [-0.1, -0.05) is 26.7 Å². The molecule has 0 atom stereocenters. The second-order valence-corrected chi connectivity index (χ2v) is 7.67. The molecule has 2 aliphatic carbocycles. The standard InChI is InChI=1S/C18H30N2O2/c1-13(2)17(21)19-11-9-14(10-12-19)18(22)20(16-7-8-16)15-5-3-4-6-15/h13-16H,3-12H2,1-2H3. The van der Waals surface area contributed by atoms with Crippen LogP contribution in [0.15, 0.2) is 0 Å². The number of piperidine rings is 1. The van der Waals surface area contributed by atoms with Crippen molar-refractivity contribution in [3.05, 3.63) is 0 Å². The third kappa shape index (κ3) is 3.31. The minimum Gasteiger partial charge on any atom is -0.342 e. The predicted molar refractivity (Wildman–Crippen MR) is 86.3 cm³/mol. The van der Waals surface area contributed by atoms with Crippen molar-refractivity contribution in [1.82, 2.24) is 9.80 Å². The van der Waals surface area contributed by atoms with E-state index in [9.17, 15) is 9.59 Å². The van der Waals surface area contributed by atoms with Crippen molar-refractivity contribution in [2.24, 2.45) is 11.8 Å². The van der Waals surface area contributed by atoms with E-state index in [4.69, 9.17) is 0 Å². The molecule has 0 N–H and O–H groups in total. The zero-order valence-corrected chi connectivity index (χ0v) is 14.1. The van der Waals surface area contributed by atoms with Crippen LogP contribution in [0.25, 0.3) is 0 Å². The molecule has 0 spiro atoms. The molecule has 124 valence electrons. The van der Waals surface area contributed by atoms with Gasteiger partial charge in [-0.3, -0.25) is 9.59 Å². The SMILES string of the molecule is CC(C)C(=O)N1CCC(C(=O)N(C2CCCC2)C2CC2)CC1. The molecule has 4 nitrogen and oxygen atoms in total. The van der Waals surface area contributed by atoms with Gasteiger partial charge in [-0.2, -0.15) is 0 Å². The van der Waals surface area contributed by atoms with Gasteiger partial charge in [0, 0.05) is 37.0 Å². The van der Waals surface area contributed by atoms with Crippen molar-refractivity contribution in [2.75, 3.05) is 13.1 Å². The van der Waals surface area contributed by atoms with Crippen LogP contribution in [0.1, 0.15) is 65.2 Å². The fraction of sp³-hybridized carbons (Fsp3) is 0.889. The van der Waals surface area contributed by atoms with Gasteiger partial charge in [-0.05, 0) is 38.5 Å². The second kappa shape index (κ2) is 6.59. The zero-order valence-electron chi connectivity index (χ0n) is 14.1. The number of hydrogen-bond acceptors (Lipinski definition) is 2. The molecule has 0 aromatic rings. The van der Waals surface area contributed by atoms with Crippen LogP contribution in [0.2, 0.25) is 0 Å². The zero-order chi connectivity index (χ0) is 15.7. The summed E-state index contributed by atoms with van der Waals surface area (Å²) in [6.45, 7) is 5.43. The van der Waals surface area contributed by atoms with Gasteiger partial charge in [0.15, 0.2) is 0 Å². The predicted octanol–water partition coefficient (Wildman–Crippen LogP) is 2.81. The number of rotatable bonds is 4. The third-order valence-electron chi connectivity index (χ3n) is 5.56. The lowest BCUT2D eigenvalue weighted by Crippen LogP contribution is -2.48. The lowest BCUT2D eigenvalue weighted by molar-refractivity contribution is -0.144. The summed E-state index contributed by atoms with van der Waals surface area (Å²) in [7, 11) is 0. The Bertz CT molecular complexity index is 417. The lowest BCUT2D eigenvalue weighted by atomic mass is 9.93. The molecule has 3 aliphatic rings. The van der Waals surface area contributed by atoms with Gasteiger partial charge in [0.25, 0.3) is 0 Å². The van der Waals surface area contributed by atoms with Crippen LogP contribution in [-0.4, -0.2) is 46.8 Å². The van der Waals surface area contributed by atoms with E-state index in [0.717, 1.165) is 25.9 Å². The van der Waals surface area contributed by atoms with Crippen molar-refractivity contribution in [3.63, 3.8) is 0 Å². The Morgan fingerprint density at radius 1 is 0.909 bits per heavy atom. The van der Waals surface area contributed by atoms with Crippen molar-refractivity contribution < 1.29 is 9.59 Å². The van der Waals surface area contributed by atoms with Crippen molar-refractivity contribution in [1.29, 1.82) is 0 Å². The molecule has 3 fully saturated rings. The number of likely N-dealkylation sites (tertiary alicyclic amines) is 1. The fourth-order valence-corrected chi connectivity index (χ4v) is 4.12. The molecule has 0 radical (unpaired) electrons. The summed E-state index contributed by atoms with van der Waals surface area (Å²) in [6, 6.07) is 1.04. The van der Waals surface area contributed by atoms with Gasteiger partial charge >= 0.3 is 0 Å². The van der Waals surface area contributed by atoms with Crippen LogP contribution in [0.4, 0.5) is 0 Å². The highest BCUT2D eigenvalue weighted by molar-refractivity contribution is 5.81. The first-order valence-corrected chi connectivity index (χ1v) is 9.19. The summed E-state index contributed by atoms with van der Waals surface area (Å²) in [5.74, 6) is 0.845. The summed E-state index contributed by atoms with van der Waals surface area (Å²) in [5, 5.41) is 0. The van der Waals surface area contributed by atoms with Crippen LogP contribution in [0, 0.1) is 11.8 Å². The summed E-state index contributed by atoms with van der Waals surface area (Å²) in [5.41, 5.74) is 0. The number of amides is 2. The van der Waals surface area contributed by atoms with Crippen LogP contribution in [0.5, 0.6) is 0 Å². The molecule has 22 heavy (non-hydrogen) atoms. The Hall–Kier alpha value is -1.06. The van der Waals surface area contributed by atoms with Gasteiger partial charge < -0.3 is 9.80 Å². The highest BCUT2D eigenvalue weighted by Gasteiger charge is 2.41. The molecule has 1 aliphatic heterocycles. The van der Waals surface area contributed by atoms with Crippen LogP contribution >= 0.6 is 0 Å². The molecule has 4 heteroatoms. The van der Waals surface area contributed by atoms with Crippen molar-refractivity contribution >= 4 is 11.8 Å². The van der Waals surface area contributed by atoms with Crippen LogP contribution in [-0.2, 0) is 9.59 Å². The first-order chi connectivity index (χ1) is 10.6. The van der Waals surface area contributed by atoms with Crippen molar-refractivity contribution in [3.8, 4) is 0 Å². The molecular weight excluding hydrogens is 276 g/mol. The molecule has 0 aromatic heterocycles. The maximum atomic E-state index is 13.0. The fourth-order valence-electron chi connectivity index (χ4n) is 4.12. The van der Waals surface area contributed by atoms with Crippen LogP contribution < -0.4 is 0 Å². The average Bonchev–Trinajstić information content (AvgIpc) is 3.21. The van der Waals surface area contributed by atoms with Crippen molar-refractivity contribution in [2.45, 2.75) is 77.3 Å². The number of nitrogens with zero attached hydrogens (tertiary/aromatic N) is 2. The Morgan fingerprint density at radius 2 is 1.45 bits per heavy atom. The van der Waals surface area contributed by atoms with Crippen LogP contribution in [0.3, 0.4) is 0 Å². The average molecular weight is 306 g/mol. The highest BCUT2D eigenvalue weighted by atomic mass is 16.2. The molecule has 1 saturated heterocycles. The molecular formula is C18H30N2O2. The van der Waals surface area contributed by atoms with Gasteiger partial charge in [0.2, 0.25) is 11.8 Å². The van der Waals surface area contributed by atoms with Gasteiger partial charge in [-0.15, -0.1) is 0 Å². The number of carbonyl (C=O) groups is 2. The number of carbonyl (C=O) groups excluding carboxylic acids is 2. The maximum absolute atomic E-state index is 13.0. The minimum absolute atomic E-state index is 0.0636. The van der Waals surface area contributed by atoms with E-state index in [-0.39, 0.29) is 17.7 Å². The topological polar surface area (TPSA) is 40.6 Å². The van der Waals surface area contributed by atoms with E-state index in [1.165, 1.54) is 38.5 Å². The molecule has 0 aromatic carbocycles. The molecule has 2 amide bonds. The molecule has 1 heterocycles. The quantitative estimate of drug-likeness (QED) is 0.801. The molecule has 2 saturated carbocycles. The van der Waals surface area contributed by atoms with Gasteiger partial charge in [0.05, 0.1) is 0 Å². The summed E-state index contributed by atoms with van der Waals surface area (Å²) >= 11 is 0. The maximum Gasteiger partial charge on any atom is 0.226 e.